The molecule has 0 aliphatic carbocycles. The predicted octanol–water partition coefficient (Wildman–Crippen LogP) is 0.766. The van der Waals surface area contributed by atoms with Gasteiger partial charge in [-0.1, -0.05) is 13.8 Å². The van der Waals surface area contributed by atoms with Crippen molar-refractivity contribution in [1.29, 1.82) is 0 Å². The van der Waals surface area contributed by atoms with Crippen molar-refractivity contribution in [1.82, 2.24) is 5.32 Å². The van der Waals surface area contributed by atoms with Gasteiger partial charge in [-0.2, -0.15) is 0 Å². The van der Waals surface area contributed by atoms with Gasteiger partial charge in [0.25, 0.3) is 0 Å². The number of carboxylic acids is 1. The largest absolute Gasteiger partial charge is 0.480 e. The second kappa shape index (κ2) is 8.54. The first-order valence-electron chi connectivity index (χ1n) is 6.03. The lowest BCUT2D eigenvalue weighted by atomic mass is 10.0. The first-order chi connectivity index (χ1) is 8.38. The summed E-state index contributed by atoms with van der Waals surface area (Å²) >= 11 is 0. The standard InChI is InChI=1S/C13H21NO4/c1-4-5-6-7-10(13(17)18)14-12(16)11(15)8-9(2)3/h1,9-11,15H,5-8H2,2-3H3,(H,14,16)(H,17,18)/t10-,11-/m1/s1. The fourth-order valence-corrected chi connectivity index (χ4v) is 1.49. The van der Waals surface area contributed by atoms with E-state index in [-0.39, 0.29) is 12.3 Å². The molecule has 5 nitrogen and oxygen atoms in total. The van der Waals surface area contributed by atoms with E-state index in [1.165, 1.54) is 0 Å². The van der Waals surface area contributed by atoms with Crippen molar-refractivity contribution in [3.05, 3.63) is 0 Å². The second-order valence-electron chi connectivity index (χ2n) is 4.64. The Morgan fingerprint density at radius 1 is 1.39 bits per heavy atom. The number of rotatable bonds is 8. The topological polar surface area (TPSA) is 86.6 Å². The molecule has 0 aromatic rings. The lowest BCUT2D eigenvalue weighted by Gasteiger charge is -2.17. The van der Waals surface area contributed by atoms with Crippen LogP contribution in [-0.4, -0.2) is 34.2 Å². The molecule has 0 radical (unpaired) electrons. The summed E-state index contributed by atoms with van der Waals surface area (Å²) in [5.74, 6) is 0.816. The van der Waals surface area contributed by atoms with Gasteiger partial charge >= 0.3 is 5.97 Å². The Morgan fingerprint density at radius 2 is 2.00 bits per heavy atom. The zero-order valence-electron chi connectivity index (χ0n) is 10.8. The van der Waals surface area contributed by atoms with Crippen LogP contribution in [0.4, 0.5) is 0 Å². The molecule has 18 heavy (non-hydrogen) atoms. The summed E-state index contributed by atoms with van der Waals surface area (Å²) in [5.41, 5.74) is 0. The number of carbonyl (C=O) groups is 2. The molecule has 0 fully saturated rings. The zero-order valence-corrected chi connectivity index (χ0v) is 10.8. The summed E-state index contributed by atoms with van der Waals surface area (Å²) in [6, 6.07) is -0.993. The minimum Gasteiger partial charge on any atom is -0.480 e. The Balaban J connectivity index is 4.27. The summed E-state index contributed by atoms with van der Waals surface area (Å²) in [7, 11) is 0. The highest BCUT2D eigenvalue weighted by molar-refractivity contribution is 5.86. The quantitative estimate of drug-likeness (QED) is 0.441. The fourth-order valence-electron chi connectivity index (χ4n) is 1.49. The Labute approximate surface area is 108 Å². The minimum atomic E-state index is -1.17. The van der Waals surface area contributed by atoms with Crippen molar-refractivity contribution in [2.24, 2.45) is 5.92 Å². The molecule has 0 bridgehead atoms. The highest BCUT2D eigenvalue weighted by atomic mass is 16.4. The molecule has 5 heteroatoms. The van der Waals surface area contributed by atoms with Crippen molar-refractivity contribution in [3.63, 3.8) is 0 Å². The van der Waals surface area contributed by atoms with Crippen LogP contribution in [-0.2, 0) is 9.59 Å². The number of aliphatic hydroxyl groups is 1. The van der Waals surface area contributed by atoms with Crippen LogP contribution in [0.2, 0.25) is 0 Å². The minimum absolute atomic E-state index is 0.162. The molecule has 0 aliphatic rings. The summed E-state index contributed by atoms with van der Waals surface area (Å²) < 4.78 is 0. The Bertz CT molecular complexity index is 319. The predicted molar refractivity (Wildman–Crippen MR) is 67.7 cm³/mol. The van der Waals surface area contributed by atoms with Gasteiger partial charge in [0.2, 0.25) is 5.91 Å². The van der Waals surface area contributed by atoms with E-state index in [0.717, 1.165) is 0 Å². The van der Waals surface area contributed by atoms with Crippen LogP contribution in [0.15, 0.2) is 0 Å². The van der Waals surface area contributed by atoms with E-state index in [9.17, 15) is 14.7 Å². The van der Waals surface area contributed by atoms with Crippen molar-refractivity contribution in [2.45, 2.75) is 51.7 Å². The fraction of sp³-hybridized carbons (Fsp3) is 0.692. The average Bonchev–Trinajstić information content (AvgIpc) is 2.26. The first kappa shape index (κ1) is 16.5. The maximum Gasteiger partial charge on any atom is 0.326 e. The third kappa shape index (κ3) is 6.92. The molecule has 0 spiro atoms. The highest BCUT2D eigenvalue weighted by Gasteiger charge is 2.23. The number of carboxylic acid groups (broad SMARTS) is 1. The molecule has 0 heterocycles. The molecule has 3 N–H and O–H groups in total. The van der Waals surface area contributed by atoms with Gasteiger partial charge in [0.1, 0.15) is 12.1 Å². The number of hydrogen-bond acceptors (Lipinski definition) is 3. The smallest absolute Gasteiger partial charge is 0.326 e. The number of carbonyl (C=O) groups excluding carboxylic acids is 1. The van der Waals surface area contributed by atoms with Gasteiger partial charge in [-0.05, 0) is 25.2 Å². The third-order valence-electron chi connectivity index (χ3n) is 2.43. The molecule has 0 aliphatic heterocycles. The molecule has 1 amide bonds. The highest BCUT2D eigenvalue weighted by Crippen LogP contribution is 2.06. The van der Waals surface area contributed by atoms with Crippen LogP contribution in [0.3, 0.4) is 0 Å². The number of aliphatic hydroxyl groups excluding tert-OH is 1. The van der Waals surface area contributed by atoms with E-state index in [1.54, 1.807) is 0 Å². The van der Waals surface area contributed by atoms with Crippen LogP contribution < -0.4 is 5.32 Å². The second-order valence-corrected chi connectivity index (χ2v) is 4.64. The molecule has 0 saturated carbocycles. The van der Waals surface area contributed by atoms with Gasteiger partial charge in [-0.25, -0.2) is 4.79 Å². The molecule has 0 rings (SSSR count). The van der Waals surface area contributed by atoms with E-state index in [4.69, 9.17) is 11.5 Å². The number of aliphatic carboxylic acids is 1. The lowest BCUT2D eigenvalue weighted by Crippen LogP contribution is -2.45. The van der Waals surface area contributed by atoms with Crippen LogP contribution in [0.5, 0.6) is 0 Å². The Kier molecular flexibility index (Phi) is 7.81. The maximum atomic E-state index is 11.6. The van der Waals surface area contributed by atoms with Gasteiger partial charge in [-0.15, -0.1) is 12.3 Å². The van der Waals surface area contributed by atoms with Crippen LogP contribution in [0.25, 0.3) is 0 Å². The number of hydrogen-bond donors (Lipinski definition) is 3. The van der Waals surface area contributed by atoms with Crippen molar-refractivity contribution in [3.8, 4) is 12.3 Å². The summed E-state index contributed by atoms with van der Waals surface area (Å²) in [6.07, 6.45) is 5.46. The van der Waals surface area contributed by atoms with Gasteiger partial charge in [-0.3, -0.25) is 4.79 Å². The summed E-state index contributed by atoms with van der Waals surface area (Å²) in [5, 5.41) is 20.8. The Hall–Kier alpha value is -1.54. The average molecular weight is 255 g/mol. The van der Waals surface area contributed by atoms with Crippen LogP contribution in [0.1, 0.15) is 39.5 Å². The van der Waals surface area contributed by atoms with Crippen LogP contribution >= 0.6 is 0 Å². The molecule has 0 aromatic heterocycles. The molecular formula is C13H21NO4. The van der Waals surface area contributed by atoms with Crippen molar-refractivity contribution in [2.75, 3.05) is 0 Å². The summed E-state index contributed by atoms with van der Waals surface area (Å²) in [6.45, 7) is 3.75. The zero-order chi connectivity index (χ0) is 14.1. The van der Waals surface area contributed by atoms with E-state index in [0.29, 0.717) is 19.3 Å². The monoisotopic (exact) mass is 255 g/mol. The third-order valence-corrected chi connectivity index (χ3v) is 2.43. The van der Waals surface area contributed by atoms with E-state index >= 15 is 0 Å². The SMILES string of the molecule is C#CCCC[C@@H](NC(=O)[C@H](O)CC(C)C)C(=O)O. The molecule has 102 valence electrons. The normalized spacial score (nSPS) is 13.7. The molecule has 0 saturated heterocycles. The summed E-state index contributed by atoms with van der Waals surface area (Å²) in [4.78, 5) is 22.5. The van der Waals surface area contributed by atoms with E-state index < -0.39 is 24.0 Å². The van der Waals surface area contributed by atoms with Gasteiger partial charge < -0.3 is 15.5 Å². The van der Waals surface area contributed by atoms with Gasteiger partial charge in [0.05, 0.1) is 0 Å². The van der Waals surface area contributed by atoms with Crippen molar-refractivity contribution >= 4 is 11.9 Å². The first-order valence-corrected chi connectivity index (χ1v) is 6.03. The number of amides is 1. The molecule has 0 aromatic carbocycles. The Morgan fingerprint density at radius 3 is 2.44 bits per heavy atom. The van der Waals surface area contributed by atoms with E-state index in [1.807, 2.05) is 13.8 Å². The van der Waals surface area contributed by atoms with Crippen LogP contribution in [0, 0.1) is 18.3 Å². The number of nitrogens with one attached hydrogen (secondary N) is 1. The molecular weight excluding hydrogens is 234 g/mol. The lowest BCUT2D eigenvalue weighted by molar-refractivity contribution is -0.143. The van der Waals surface area contributed by atoms with Gasteiger partial charge in [0.15, 0.2) is 0 Å². The number of terminal acetylenes is 1. The van der Waals surface area contributed by atoms with Gasteiger partial charge in [0, 0.05) is 6.42 Å². The molecule has 0 unspecified atom stereocenters. The maximum absolute atomic E-state index is 11.6. The van der Waals surface area contributed by atoms with E-state index in [2.05, 4.69) is 11.2 Å². The molecule has 2 atom stereocenters. The van der Waals surface area contributed by atoms with Crippen molar-refractivity contribution < 1.29 is 19.8 Å². The number of unbranched alkanes of at least 4 members (excludes halogenated alkanes) is 1.